The number of benzene rings is 2. The summed E-state index contributed by atoms with van der Waals surface area (Å²) in [5.74, 6) is 0.961. The van der Waals surface area contributed by atoms with Crippen LogP contribution in [0.5, 0.6) is 5.75 Å². The van der Waals surface area contributed by atoms with Crippen molar-refractivity contribution in [3.63, 3.8) is 0 Å². The first-order valence-electron chi connectivity index (χ1n) is 8.32. The Labute approximate surface area is 140 Å². The van der Waals surface area contributed by atoms with E-state index in [2.05, 4.69) is 56.0 Å². The standard InChI is InChI=1S/C20H26OS/c1-2-3-4-5-6-7-16-21-19-12-8-17(9-13-19)18-10-14-20(22)15-11-18/h8-15,22H,2-7,16H2,1H3. The summed E-state index contributed by atoms with van der Waals surface area (Å²) in [7, 11) is 0. The fourth-order valence-electron chi connectivity index (χ4n) is 2.47. The van der Waals surface area contributed by atoms with Gasteiger partial charge in [-0.25, -0.2) is 0 Å². The minimum absolute atomic E-state index is 0.819. The molecule has 0 radical (unpaired) electrons. The second kappa shape index (κ2) is 9.58. The molecule has 0 atom stereocenters. The van der Waals surface area contributed by atoms with Gasteiger partial charge in [-0.05, 0) is 41.8 Å². The molecule has 0 aliphatic heterocycles. The van der Waals surface area contributed by atoms with Gasteiger partial charge in [0.05, 0.1) is 6.61 Å². The molecule has 22 heavy (non-hydrogen) atoms. The van der Waals surface area contributed by atoms with Crippen LogP contribution < -0.4 is 4.74 Å². The highest BCUT2D eigenvalue weighted by Crippen LogP contribution is 2.23. The monoisotopic (exact) mass is 314 g/mol. The molecule has 0 unspecified atom stereocenters. The normalized spacial score (nSPS) is 10.6. The topological polar surface area (TPSA) is 9.23 Å². The maximum Gasteiger partial charge on any atom is 0.119 e. The molecular weight excluding hydrogens is 288 g/mol. The molecule has 0 aliphatic carbocycles. The van der Waals surface area contributed by atoms with Crippen molar-refractivity contribution in [2.75, 3.05) is 6.61 Å². The van der Waals surface area contributed by atoms with E-state index in [1.807, 2.05) is 12.1 Å². The average molecular weight is 314 g/mol. The van der Waals surface area contributed by atoms with Gasteiger partial charge in [-0.3, -0.25) is 0 Å². The second-order valence-electron chi connectivity index (χ2n) is 5.69. The summed E-state index contributed by atoms with van der Waals surface area (Å²) in [5.41, 5.74) is 2.42. The lowest BCUT2D eigenvalue weighted by Crippen LogP contribution is -1.97. The number of hydrogen-bond acceptors (Lipinski definition) is 2. The van der Waals surface area contributed by atoms with Crippen LogP contribution in [-0.2, 0) is 0 Å². The lowest BCUT2D eigenvalue weighted by atomic mass is 10.1. The zero-order chi connectivity index (χ0) is 15.6. The number of ether oxygens (including phenoxy) is 1. The summed E-state index contributed by atoms with van der Waals surface area (Å²) < 4.78 is 5.81. The first kappa shape index (κ1) is 17.0. The van der Waals surface area contributed by atoms with Gasteiger partial charge in [0.15, 0.2) is 0 Å². The predicted octanol–water partition coefficient (Wildman–Crippen LogP) is 6.38. The van der Waals surface area contributed by atoms with Crippen LogP contribution in [0.4, 0.5) is 0 Å². The van der Waals surface area contributed by atoms with Gasteiger partial charge in [0.25, 0.3) is 0 Å². The van der Waals surface area contributed by atoms with Gasteiger partial charge in [-0.15, -0.1) is 12.6 Å². The Hall–Kier alpha value is -1.41. The van der Waals surface area contributed by atoms with Gasteiger partial charge in [0.1, 0.15) is 5.75 Å². The Kier molecular flexibility index (Phi) is 7.38. The van der Waals surface area contributed by atoms with Crippen LogP contribution in [0.2, 0.25) is 0 Å². The third-order valence-corrected chi connectivity index (χ3v) is 4.12. The molecule has 2 rings (SSSR count). The zero-order valence-corrected chi connectivity index (χ0v) is 14.3. The molecule has 0 fully saturated rings. The quantitative estimate of drug-likeness (QED) is 0.417. The maximum absolute atomic E-state index is 5.81. The first-order valence-corrected chi connectivity index (χ1v) is 8.76. The Bertz CT molecular complexity index is 531. The molecular formula is C20H26OS. The number of rotatable bonds is 9. The summed E-state index contributed by atoms with van der Waals surface area (Å²) >= 11 is 4.31. The number of thiol groups is 1. The number of unbranched alkanes of at least 4 members (excludes halogenated alkanes) is 5. The lowest BCUT2D eigenvalue weighted by Gasteiger charge is -2.08. The molecule has 0 spiro atoms. The van der Waals surface area contributed by atoms with Crippen LogP contribution in [0.3, 0.4) is 0 Å². The lowest BCUT2D eigenvalue weighted by molar-refractivity contribution is 0.304. The van der Waals surface area contributed by atoms with Crippen molar-refractivity contribution in [1.29, 1.82) is 0 Å². The van der Waals surface area contributed by atoms with Crippen LogP contribution in [0.15, 0.2) is 53.4 Å². The molecule has 0 bridgehead atoms. The van der Waals surface area contributed by atoms with Gasteiger partial charge in [-0.1, -0.05) is 63.3 Å². The van der Waals surface area contributed by atoms with Crippen molar-refractivity contribution >= 4 is 12.6 Å². The predicted molar refractivity (Wildman–Crippen MR) is 98.0 cm³/mol. The van der Waals surface area contributed by atoms with Crippen LogP contribution in [-0.4, -0.2) is 6.61 Å². The number of hydrogen-bond donors (Lipinski definition) is 1. The minimum Gasteiger partial charge on any atom is -0.494 e. The Morgan fingerprint density at radius 3 is 1.91 bits per heavy atom. The Balaban J connectivity index is 1.74. The summed E-state index contributed by atoms with van der Waals surface area (Å²) in [5, 5.41) is 0. The molecule has 1 nitrogen and oxygen atoms in total. The molecule has 118 valence electrons. The van der Waals surface area contributed by atoms with Crippen LogP contribution in [0.1, 0.15) is 45.4 Å². The zero-order valence-electron chi connectivity index (χ0n) is 13.4. The van der Waals surface area contributed by atoms with Crippen molar-refractivity contribution in [1.82, 2.24) is 0 Å². The van der Waals surface area contributed by atoms with E-state index >= 15 is 0 Å². The fourth-order valence-corrected chi connectivity index (χ4v) is 2.62. The largest absolute Gasteiger partial charge is 0.494 e. The van der Waals surface area contributed by atoms with Gasteiger partial charge in [0, 0.05) is 4.90 Å². The van der Waals surface area contributed by atoms with E-state index in [9.17, 15) is 0 Å². The van der Waals surface area contributed by atoms with E-state index < -0.39 is 0 Å². The first-order chi connectivity index (χ1) is 10.8. The smallest absolute Gasteiger partial charge is 0.119 e. The molecule has 0 heterocycles. The molecule has 2 aromatic carbocycles. The summed E-state index contributed by atoms with van der Waals surface area (Å²) in [6.45, 7) is 3.07. The van der Waals surface area contributed by atoms with E-state index in [4.69, 9.17) is 4.74 Å². The van der Waals surface area contributed by atoms with E-state index in [1.54, 1.807) is 0 Å². The van der Waals surface area contributed by atoms with E-state index in [0.717, 1.165) is 23.7 Å². The second-order valence-corrected chi connectivity index (χ2v) is 6.20. The summed E-state index contributed by atoms with van der Waals surface area (Å²) in [4.78, 5) is 0.989. The van der Waals surface area contributed by atoms with E-state index in [-0.39, 0.29) is 0 Å². The molecule has 0 amide bonds. The minimum atomic E-state index is 0.819. The summed E-state index contributed by atoms with van der Waals surface area (Å²) in [6.07, 6.45) is 7.77. The fraction of sp³-hybridized carbons (Fsp3) is 0.400. The molecule has 0 aliphatic rings. The highest BCUT2D eigenvalue weighted by molar-refractivity contribution is 7.80. The van der Waals surface area contributed by atoms with Gasteiger partial charge >= 0.3 is 0 Å². The highest BCUT2D eigenvalue weighted by Gasteiger charge is 1.99. The summed E-state index contributed by atoms with van der Waals surface area (Å²) in [6, 6.07) is 16.6. The van der Waals surface area contributed by atoms with Crippen molar-refractivity contribution in [2.24, 2.45) is 0 Å². The van der Waals surface area contributed by atoms with Gasteiger partial charge < -0.3 is 4.74 Å². The van der Waals surface area contributed by atoms with Crippen LogP contribution in [0, 0.1) is 0 Å². The molecule has 0 aromatic heterocycles. The van der Waals surface area contributed by atoms with Crippen molar-refractivity contribution in [3.05, 3.63) is 48.5 Å². The SMILES string of the molecule is CCCCCCCCOc1ccc(-c2ccc(S)cc2)cc1. The molecule has 2 heteroatoms. The average Bonchev–Trinajstić information content (AvgIpc) is 2.55. The third-order valence-electron chi connectivity index (χ3n) is 3.82. The van der Waals surface area contributed by atoms with Crippen molar-refractivity contribution in [2.45, 2.75) is 50.3 Å². The van der Waals surface area contributed by atoms with Gasteiger partial charge in [-0.2, -0.15) is 0 Å². The molecule has 0 N–H and O–H groups in total. The highest BCUT2D eigenvalue weighted by atomic mass is 32.1. The Morgan fingerprint density at radius 1 is 0.727 bits per heavy atom. The molecule has 2 aromatic rings. The van der Waals surface area contributed by atoms with Crippen LogP contribution >= 0.6 is 12.6 Å². The van der Waals surface area contributed by atoms with E-state index in [1.165, 1.54) is 43.2 Å². The Morgan fingerprint density at radius 2 is 1.27 bits per heavy atom. The van der Waals surface area contributed by atoms with Crippen molar-refractivity contribution in [3.8, 4) is 16.9 Å². The van der Waals surface area contributed by atoms with Crippen molar-refractivity contribution < 1.29 is 4.74 Å². The van der Waals surface area contributed by atoms with Gasteiger partial charge in [0.2, 0.25) is 0 Å². The molecule has 0 saturated heterocycles. The van der Waals surface area contributed by atoms with E-state index in [0.29, 0.717) is 0 Å². The maximum atomic E-state index is 5.81. The molecule has 0 saturated carbocycles. The third kappa shape index (κ3) is 5.76. The van der Waals surface area contributed by atoms with Crippen LogP contribution in [0.25, 0.3) is 11.1 Å².